The molecule has 1 aromatic heterocycles. The highest BCUT2D eigenvalue weighted by Crippen LogP contribution is 2.48. The number of urea groups is 1. The van der Waals surface area contributed by atoms with Crippen LogP contribution in [0, 0.1) is 0 Å². The summed E-state index contributed by atoms with van der Waals surface area (Å²) in [6.07, 6.45) is 7.98. The minimum absolute atomic E-state index is 0.0528. The van der Waals surface area contributed by atoms with Crippen LogP contribution in [0.25, 0.3) is 10.9 Å². The Morgan fingerprint density at radius 3 is 2.35 bits per heavy atom. The molecule has 0 bridgehead atoms. The van der Waals surface area contributed by atoms with Gasteiger partial charge in [-0.2, -0.15) is 4.99 Å². The maximum atomic E-state index is 13.6. The van der Waals surface area contributed by atoms with Gasteiger partial charge in [-0.1, -0.05) is 63.2 Å². The number of rotatable bonds is 6. The van der Waals surface area contributed by atoms with Crippen molar-refractivity contribution in [1.82, 2.24) is 20.5 Å². The zero-order valence-corrected chi connectivity index (χ0v) is 27.5. The highest BCUT2D eigenvalue weighted by atomic mass is 16.5. The lowest BCUT2D eigenvalue weighted by Gasteiger charge is -2.41. The molecule has 4 heterocycles. The first kappa shape index (κ1) is 34.4. The Hall–Kier alpha value is -4.51. The van der Waals surface area contributed by atoms with Crippen LogP contribution in [0.3, 0.4) is 0 Å². The largest absolute Gasteiger partial charge is 0.468 e. The lowest BCUT2D eigenvalue weighted by Crippen LogP contribution is -2.55. The van der Waals surface area contributed by atoms with Gasteiger partial charge in [-0.3, -0.25) is 4.79 Å². The maximum Gasteiger partial charge on any atom is 0.312 e. The van der Waals surface area contributed by atoms with Crippen LogP contribution in [0.4, 0.5) is 10.5 Å². The standard InChI is InChI=1S/C28H33N7O3.C5H11N.C2H6/c1-18(32-27(30)38-2)35-17-28(21-8-4-6-10-24(21)35)11-13-34(14-12-28)25(36)23(33-26(29)37)15-19-16-31-22-9-5-3-7-20(19)22;1-2-4-6-5-3-1;1-2/h3-10,16,23,31H,1,11-15,17H2,2H3,(H2,30,32)(H3,29,33,37);6H,1-5H2;1-2H3. The van der Waals surface area contributed by atoms with Crippen molar-refractivity contribution in [2.45, 2.75) is 63.8 Å². The SMILES string of the molecule is C1CCNCC1.C=C(/N=C(/N)OC)N1CC2(CCN(C(=O)C(Cc3c[nH]c4ccccc34)NC(N)=O)CC2)c2ccccc21.CC. The minimum Gasteiger partial charge on any atom is -0.468 e. The molecule has 0 aliphatic carbocycles. The van der Waals surface area contributed by atoms with E-state index in [0.717, 1.165) is 35.0 Å². The molecule has 11 heteroatoms. The fraction of sp³-hybridized carbons (Fsp3) is 0.457. The molecule has 3 amide bonds. The van der Waals surface area contributed by atoms with E-state index in [2.05, 4.69) is 44.2 Å². The van der Waals surface area contributed by atoms with Crippen molar-refractivity contribution >= 4 is 34.6 Å². The topological polar surface area (TPSA) is 154 Å². The number of fused-ring (bicyclic) bond motifs is 3. The molecule has 1 unspecified atom stereocenters. The monoisotopic (exact) mass is 630 g/mol. The number of nitrogens with zero attached hydrogens (tertiary/aromatic N) is 3. The van der Waals surface area contributed by atoms with Crippen LogP contribution in [-0.4, -0.2) is 73.7 Å². The summed E-state index contributed by atoms with van der Waals surface area (Å²) >= 11 is 0. The number of methoxy groups -OCH3 is 1. The molecule has 0 saturated carbocycles. The zero-order chi connectivity index (χ0) is 33.1. The van der Waals surface area contributed by atoms with Crippen LogP contribution < -0.4 is 27.0 Å². The highest BCUT2D eigenvalue weighted by Gasteiger charge is 2.46. The van der Waals surface area contributed by atoms with Gasteiger partial charge in [0.25, 0.3) is 6.02 Å². The second-order valence-corrected chi connectivity index (χ2v) is 11.7. The number of para-hydroxylation sites is 2. The predicted octanol–water partition coefficient (Wildman–Crippen LogP) is 4.35. The molecule has 1 spiro atoms. The van der Waals surface area contributed by atoms with Gasteiger partial charge in [0.15, 0.2) is 0 Å². The van der Waals surface area contributed by atoms with Crippen molar-refractivity contribution < 1.29 is 14.3 Å². The van der Waals surface area contributed by atoms with Crippen molar-refractivity contribution in [1.29, 1.82) is 0 Å². The summed E-state index contributed by atoms with van der Waals surface area (Å²) in [6, 6.07) is 14.7. The molecule has 2 fully saturated rings. The molecule has 3 aliphatic rings. The summed E-state index contributed by atoms with van der Waals surface area (Å²) in [7, 11) is 1.47. The Balaban J connectivity index is 0.000000531. The third-order valence-corrected chi connectivity index (χ3v) is 8.94. The molecule has 6 rings (SSSR count). The molecular formula is C35H50N8O3. The fourth-order valence-electron chi connectivity index (χ4n) is 6.59. The predicted molar refractivity (Wildman–Crippen MR) is 186 cm³/mol. The van der Waals surface area contributed by atoms with E-state index in [9.17, 15) is 9.59 Å². The third kappa shape index (κ3) is 8.00. The molecule has 2 aromatic carbocycles. The maximum absolute atomic E-state index is 13.6. The number of nitrogens with two attached hydrogens (primary N) is 2. The number of carbonyl (C=O) groups excluding carboxylic acids is 2. The minimum atomic E-state index is -0.751. The number of likely N-dealkylation sites (tertiary alicyclic amines) is 1. The van der Waals surface area contributed by atoms with Crippen molar-refractivity contribution in [3.05, 3.63) is 78.3 Å². The number of amides is 3. The number of primary amides is 1. The summed E-state index contributed by atoms with van der Waals surface area (Å²) in [5.41, 5.74) is 15.3. The van der Waals surface area contributed by atoms with E-state index in [1.54, 1.807) is 0 Å². The molecule has 248 valence electrons. The number of nitrogens with one attached hydrogen (secondary N) is 3. The number of benzene rings is 2. The first-order valence-electron chi connectivity index (χ1n) is 16.4. The summed E-state index contributed by atoms with van der Waals surface area (Å²) in [6.45, 7) is 12.4. The second-order valence-electron chi connectivity index (χ2n) is 11.7. The van der Waals surface area contributed by atoms with E-state index in [1.165, 1.54) is 45.0 Å². The average molecular weight is 631 g/mol. The lowest BCUT2D eigenvalue weighted by molar-refractivity contribution is -0.134. The Labute approximate surface area is 272 Å². The van der Waals surface area contributed by atoms with Crippen LogP contribution in [0.5, 0.6) is 0 Å². The van der Waals surface area contributed by atoms with Crippen LogP contribution in [0.1, 0.15) is 57.1 Å². The van der Waals surface area contributed by atoms with Gasteiger partial charge in [-0.25, -0.2) is 4.79 Å². The number of aromatic nitrogens is 1. The molecule has 7 N–H and O–H groups in total. The number of aliphatic imine (C=N–C) groups is 1. The summed E-state index contributed by atoms with van der Waals surface area (Å²) in [5, 5.41) is 6.98. The number of H-pyrrole nitrogens is 1. The Morgan fingerprint density at radius 1 is 1.04 bits per heavy atom. The Bertz CT molecular complexity index is 1490. The van der Waals surface area contributed by atoms with Gasteiger partial charge >= 0.3 is 6.03 Å². The lowest BCUT2D eigenvalue weighted by atomic mass is 9.74. The highest BCUT2D eigenvalue weighted by molar-refractivity contribution is 5.89. The van der Waals surface area contributed by atoms with E-state index >= 15 is 0 Å². The van der Waals surface area contributed by atoms with E-state index in [0.29, 0.717) is 31.9 Å². The number of amidine groups is 1. The average Bonchev–Trinajstić information content (AvgIpc) is 3.65. The van der Waals surface area contributed by atoms with Crippen LogP contribution in [-0.2, 0) is 21.4 Å². The Morgan fingerprint density at radius 2 is 1.72 bits per heavy atom. The van der Waals surface area contributed by atoms with Crippen molar-refractivity contribution in [3.8, 4) is 0 Å². The van der Waals surface area contributed by atoms with Gasteiger partial charge in [-0.15, -0.1) is 0 Å². The van der Waals surface area contributed by atoms with Gasteiger partial charge in [0.2, 0.25) is 5.91 Å². The van der Waals surface area contributed by atoms with E-state index < -0.39 is 12.1 Å². The smallest absolute Gasteiger partial charge is 0.312 e. The van der Waals surface area contributed by atoms with Crippen molar-refractivity contribution in [2.75, 3.05) is 44.7 Å². The number of piperidine rings is 2. The summed E-state index contributed by atoms with van der Waals surface area (Å²) in [5.74, 6) is 0.380. The number of ether oxygens (including phenoxy) is 1. The van der Waals surface area contributed by atoms with Gasteiger partial charge < -0.3 is 41.6 Å². The van der Waals surface area contributed by atoms with Crippen LogP contribution in [0.15, 0.2) is 72.1 Å². The quantitative estimate of drug-likeness (QED) is 0.202. The zero-order valence-electron chi connectivity index (χ0n) is 27.5. The number of aromatic amines is 1. The van der Waals surface area contributed by atoms with Crippen LogP contribution in [0.2, 0.25) is 0 Å². The van der Waals surface area contributed by atoms with Crippen LogP contribution >= 0.6 is 0 Å². The van der Waals surface area contributed by atoms with E-state index in [-0.39, 0.29) is 17.3 Å². The third-order valence-electron chi connectivity index (χ3n) is 8.94. The fourth-order valence-corrected chi connectivity index (χ4v) is 6.59. The molecule has 3 aliphatic heterocycles. The van der Waals surface area contributed by atoms with E-state index in [1.807, 2.05) is 61.3 Å². The summed E-state index contributed by atoms with van der Waals surface area (Å²) in [4.78, 5) is 36.9. The first-order chi connectivity index (χ1) is 22.3. The molecule has 0 radical (unpaired) electrons. The first-order valence-corrected chi connectivity index (χ1v) is 16.4. The van der Waals surface area contributed by atoms with Gasteiger partial charge in [0, 0.05) is 54.3 Å². The van der Waals surface area contributed by atoms with Crippen molar-refractivity contribution in [2.24, 2.45) is 16.5 Å². The number of hydrogen-bond donors (Lipinski definition) is 5. The summed E-state index contributed by atoms with van der Waals surface area (Å²) < 4.78 is 5.01. The molecular weight excluding hydrogens is 580 g/mol. The molecule has 1 atom stereocenters. The van der Waals surface area contributed by atoms with E-state index in [4.69, 9.17) is 16.2 Å². The molecule has 3 aromatic rings. The molecule has 46 heavy (non-hydrogen) atoms. The van der Waals surface area contributed by atoms with Gasteiger partial charge in [0.05, 0.1) is 7.11 Å². The second kappa shape index (κ2) is 16.2. The molecule has 11 nitrogen and oxygen atoms in total. The van der Waals surface area contributed by atoms with Crippen molar-refractivity contribution in [3.63, 3.8) is 0 Å². The molecule has 2 saturated heterocycles. The number of hydrogen-bond acceptors (Lipinski definition) is 6. The number of anilines is 1. The van der Waals surface area contributed by atoms with Gasteiger partial charge in [-0.05, 0) is 62.0 Å². The normalized spacial score (nSPS) is 17.6. The Kier molecular flexibility index (Phi) is 12.1. The van der Waals surface area contributed by atoms with Gasteiger partial charge in [0.1, 0.15) is 11.9 Å². The number of carbonyl (C=O) groups is 2.